The highest BCUT2D eigenvalue weighted by molar-refractivity contribution is 6.58. The molecular formula is C27H38BF2N4O4+. The number of carbonyl (C=O) groups excluding carboxylic acids is 3. The van der Waals surface area contributed by atoms with Crippen molar-refractivity contribution < 1.29 is 36.8 Å². The van der Waals surface area contributed by atoms with Crippen LogP contribution in [0.4, 0.5) is 8.63 Å². The molecule has 3 aliphatic rings. The standard InChI is InChI=1S/C27H38BF2N4O4/c1-6-7-9-21-17-22(11-14-27(37)38-33-25(35)12-13-26(33)36)32-24(21)18-23-20(10-8-15-34(3,4)5)16-19(2)31(23)28(32,29)30/h16-18H,6-15H2,1-5H3/q+1. The maximum Gasteiger partial charge on any atom is 0.737 e. The molecule has 0 aliphatic carbocycles. The van der Waals surface area contributed by atoms with Gasteiger partial charge in [-0.05, 0) is 43.5 Å². The van der Waals surface area contributed by atoms with Crippen molar-refractivity contribution >= 4 is 36.5 Å². The second-order valence-electron chi connectivity index (χ2n) is 11.5. The monoisotopic (exact) mass is 531 g/mol. The van der Waals surface area contributed by atoms with Crippen LogP contribution in [0.25, 0.3) is 6.08 Å². The molecule has 0 radical (unpaired) electrons. The van der Waals surface area contributed by atoms with E-state index in [2.05, 4.69) is 28.1 Å². The van der Waals surface area contributed by atoms with Gasteiger partial charge in [0.2, 0.25) is 0 Å². The minimum Gasteiger partial charge on any atom is -0.394 e. The molecule has 8 nitrogen and oxygen atoms in total. The van der Waals surface area contributed by atoms with E-state index in [9.17, 15) is 14.4 Å². The summed E-state index contributed by atoms with van der Waals surface area (Å²) in [5.74, 6) is -1.93. The fourth-order valence-corrected chi connectivity index (χ4v) is 5.48. The first-order chi connectivity index (χ1) is 17.8. The molecule has 1 saturated heterocycles. The summed E-state index contributed by atoms with van der Waals surface area (Å²) in [7, 11) is 6.36. The first-order valence-corrected chi connectivity index (χ1v) is 13.5. The second kappa shape index (κ2) is 10.6. The van der Waals surface area contributed by atoms with Gasteiger partial charge in [0.05, 0.1) is 34.1 Å². The van der Waals surface area contributed by atoms with E-state index in [4.69, 9.17) is 4.84 Å². The van der Waals surface area contributed by atoms with Crippen molar-refractivity contribution in [2.75, 3.05) is 27.7 Å². The first kappa shape index (κ1) is 27.9. The van der Waals surface area contributed by atoms with Gasteiger partial charge in [0.1, 0.15) is 5.71 Å². The smallest absolute Gasteiger partial charge is 0.394 e. The molecule has 0 bridgehead atoms. The molecule has 0 aromatic carbocycles. The van der Waals surface area contributed by atoms with Crippen LogP contribution in [-0.2, 0) is 25.6 Å². The number of unbranched alkanes of at least 4 members (excludes halogenated alkanes) is 1. The third kappa shape index (κ3) is 5.53. The summed E-state index contributed by atoms with van der Waals surface area (Å²) in [5, 5.41) is 0.491. The van der Waals surface area contributed by atoms with Crippen molar-refractivity contribution in [1.82, 2.24) is 9.54 Å². The van der Waals surface area contributed by atoms with Crippen LogP contribution in [0, 0.1) is 6.92 Å². The van der Waals surface area contributed by atoms with E-state index in [0.717, 1.165) is 56.8 Å². The molecule has 3 aliphatic heterocycles. The number of fused-ring (bicyclic) bond motifs is 2. The van der Waals surface area contributed by atoms with Gasteiger partial charge in [-0.25, -0.2) is 4.79 Å². The van der Waals surface area contributed by atoms with Crippen molar-refractivity contribution in [3.05, 3.63) is 40.4 Å². The van der Waals surface area contributed by atoms with Crippen LogP contribution >= 0.6 is 0 Å². The lowest BCUT2D eigenvalue weighted by Crippen LogP contribution is -2.51. The lowest BCUT2D eigenvalue weighted by Gasteiger charge is -2.31. The van der Waals surface area contributed by atoms with Crippen LogP contribution in [0.5, 0.6) is 0 Å². The highest BCUT2D eigenvalue weighted by Gasteiger charge is 2.54. The van der Waals surface area contributed by atoms with Gasteiger partial charge >= 0.3 is 12.9 Å². The number of hydrogen-bond acceptors (Lipinski definition) is 4. The summed E-state index contributed by atoms with van der Waals surface area (Å²) in [6, 6.07) is 1.87. The molecule has 0 N–H and O–H groups in total. The number of allylic oxidation sites excluding steroid dienone is 2. The Bertz CT molecular complexity index is 1240. The maximum atomic E-state index is 16.3. The minimum atomic E-state index is -4.18. The van der Waals surface area contributed by atoms with Gasteiger partial charge in [-0.15, -0.1) is 5.06 Å². The third-order valence-corrected chi connectivity index (χ3v) is 7.34. The fourth-order valence-electron chi connectivity index (χ4n) is 5.48. The van der Waals surface area contributed by atoms with Crippen LogP contribution in [0.1, 0.15) is 75.2 Å². The number of nitrogens with zero attached hydrogens (tertiary/aromatic N) is 4. The fraction of sp³-hybridized carbons (Fsp3) is 0.556. The van der Waals surface area contributed by atoms with Crippen molar-refractivity contribution in [1.29, 1.82) is 0 Å². The number of imide groups is 1. The van der Waals surface area contributed by atoms with Gasteiger partial charge in [0, 0.05) is 49.1 Å². The summed E-state index contributed by atoms with van der Waals surface area (Å²) in [4.78, 5) is 40.9. The number of hydroxylamine groups is 2. The highest BCUT2D eigenvalue weighted by atomic mass is 19.2. The summed E-state index contributed by atoms with van der Waals surface area (Å²) in [5.41, 5.74) is 3.67. The molecule has 1 fully saturated rings. The Morgan fingerprint density at radius 3 is 2.39 bits per heavy atom. The second-order valence-corrected chi connectivity index (χ2v) is 11.5. The van der Waals surface area contributed by atoms with Crippen LogP contribution in [0.15, 0.2) is 23.4 Å². The third-order valence-electron chi connectivity index (χ3n) is 7.34. The number of rotatable bonds is 11. The molecule has 2 amide bonds. The number of carbonyl (C=O) groups is 3. The van der Waals surface area contributed by atoms with Gasteiger partial charge in [-0.1, -0.05) is 13.3 Å². The van der Waals surface area contributed by atoms with E-state index in [1.54, 1.807) is 13.0 Å². The number of hydrogen-bond donors (Lipinski definition) is 0. The quantitative estimate of drug-likeness (QED) is 0.246. The topological polar surface area (TPSA) is 71.6 Å². The van der Waals surface area contributed by atoms with Crippen LogP contribution in [-0.4, -0.2) is 76.7 Å². The van der Waals surface area contributed by atoms with Crippen molar-refractivity contribution in [3.8, 4) is 0 Å². The zero-order valence-electron chi connectivity index (χ0n) is 23.1. The summed E-state index contributed by atoms with van der Waals surface area (Å²) in [6.07, 6.45) is 7.49. The molecule has 0 atom stereocenters. The molecule has 4 rings (SSSR count). The summed E-state index contributed by atoms with van der Waals surface area (Å²) >= 11 is 0. The Kier molecular flexibility index (Phi) is 7.79. The molecule has 1 aromatic rings. The average molecular weight is 531 g/mol. The Morgan fingerprint density at radius 1 is 1.08 bits per heavy atom. The molecule has 0 spiro atoms. The molecule has 11 heteroatoms. The molecule has 38 heavy (non-hydrogen) atoms. The molecule has 206 valence electrons. The van der Waals surface area contributed by atoms with Crippen LogP contribution in [0.2, 0.25) is 0 Å². The predicted octanol–water partition coefficient (Wildman–Crippen LogP) is 3.98. The predicted molar refractivity (Wildman–Crippen MR) is 141 cm³/mol. The average Bonchev–Trinajstić information content (AvgIpc) is 3.45. The highest BCUT2D eigenvalue weighted by Crippen LogP contribution is 2.39. The SMILES string of the molecule is CCCCC1=CC(CCC(=O)ON2C(=O)CCC2=O)=[N+]2C1=Cc1c(CCC[N+](C)(C)C)cc(C)n1[B-]2(F)F. The lowest BCUT2D eigenvalue weighted by molar-refractivity contribution is -0.870. The molecule has 0 saturated carbocycles. The normalized spacial score (nSPS) is 18.6. The molecule has 0 unspecified atom stereocenters. The zero-order chi connectivity index (χ0) is 27.8. The maximum absolute atomic E-state index is 16.3. The van der Waals surface area contributed by atoms with E-state index in [-0.39, 0.29) is 25.7 Å². The van der Waals surface area contributed by atoms with Crippen molar-refractivity contribution in [2.45, 2.75) is 71.6 Å². The number of amides is 2. The van der Waals surface area contributed by atoms with E-state index in [1.807, 2.05) is 12.1 Å². The lowest BCUT2D eigenvalue weighted by atomic mass is 9.88. The van der Waals surface area contributed by atoms with E-state index in [0.29, 0.717) is 34.3 Å². The van der Waals surface area contributed by atoms with E-state index >= 15 is 8.63 Å². The largest absolute Gasteiger partial charge is 0.737 e. The Morgan fingerprint density at radius 2 is 1.76 bits per heavy atom. The van der Waals surface area contributed by atoms with E-state index in [1.165, 1.54) is 0 Å². The van der Waals surface area contributed by atoms with E-state index < -0.39 is 24.8 Å². The summed E-state index contributed by atoms with van der Waals surface area (Å²) < 4.78 is 35.6. The van der Waals surface area contributed by atoms with Gasteiger partial charge in [0.25, 0.3) is 11.8 Å². The molecule has 1 aromatic heterocycles. The van der Waals surface area contributed by atoms with Gasteiger partial charge < -0.3 is 26.9 Å². The van der Waals surface area contributed by atoms with Crippen LogP contribution in [0.3, 0.4) is 0 Å². The Balaban J connectivity index is 1.62. The van der Waals surface area contributed by atoms with Gasteiger partial charge in [-0.2, -0.15) is 0 Å². The number of aromatic nitrogens is 1. The Labute approximate surface area is 222 Å². The van der Waals surface area contributed by atoms with Gasteiger partial charge in [-0.3, -0.25) is 9.59 Å². The van der Waals surface area contributed by atoms with Gasteiger partial charge in [0.15, 0.2) is 5.70 Å². The number of quaternary nitrogens is 1. The van der Waals surface area contributed by atoms with Crippen LogP contribution < -0.4 is 0 Å². The minimum absolute atomic E-state index is 0.000431. The van der Waals surface area contributed by atoms with Crippen molar-refractivity contribution in [2.24, 2.45) is 0 Å². The number of halogens is 2. The molecule has 4 heterocycles. The Hall–Kier alpha value is -3.08. The first-order valence-electron chi connectivity index (χ1n) is 13.5. The van der Waals surface area contributed by atoms with Crippen molar-refractivity contribution in [3.63, 3.8) is 0 Å². The zero-order valence-corrected chi connectivity index (χ0v) is 23.1. The number of aryl methyl sites for hydroxylation is 2. The molecular weight excluding hydrogens is 493 g/mol. The summed E-state index contributed by atoms with van der Waals surface area (Å²) in [6.45, 7) is 0.530.